The molecule has 0 radical (unpaired) electrons. The van der Waals surface area contributed by atoms with E-state index >= 15 is 0 Å². The van der Waals surface area contributed by atoms with E-state index in [1.54, 1.807) is 18.2 Å². The van der Waals surface area contributed by atoms with E-state index in [4.69, 9.17) is 11.6 Å². The molecule has 1 aliphatic rings. The second kappa shape index (κ2) is 4.26. The van der Waals surface area contributed by atoms with Gasteiger partial charge >= 0.3 is 0 Å². The highest BCUT2D eigenvalue weighted by atomic mass is 35.5. The molecule has 0 saturated carbocycles. The van der Waals surface area contributed by atoms with Crippen LogP contribution in [0.5, 0.6) is 0 Å². The maximum absolute atomic E-state index is 11.9. The van der Waals surface area contributed by atoms with Crippen LogP contribution in [0, 0.1) is 6.92 Å². The van der Waals surface area contributed by atoms with Gasteiger partial charge in [-0.3, -0.25) is 4.31 Å². The topological polar surface area (TPSA) is 37.4 Å². The SMILES string of the molecule is Cc1cc(Cl)ccc1N1CCCCS1(=O)=O. The van der Waals surface area contributed by atoms with Gasteiger partial charge in [0.1, 0.15) is 0 Å². The lowest BCUT2D eigenvalue weighted by Crippen LogP contribution is -2.38. The van der Waals surface area contributed by atoms with Gasteiger partial charge in [0.05, 0.1) is 11.4 Å². The van der Waals surface area contributed by atoms with Gasteiger partial charge in [-0.2, -0.15) is 0 Å². The average molecular weight is 260 g/mol. The molecule has 2 rings (SSSR count). The molecule has 1 saturated heterocycles. The number of aryl methyl sites for hydroxylation is 1. The molecule has 0 bridgehead atoms. The Balaban J connectivity index is 2.43. The molecule has 5 heteroatoms. The lowest BCUT2D eigenvalue weighted by Gasteiger charge is -2.29. The number of halogens is 1. The van der Waals surface area contributed by atoms with Gasteiger partial charge in [0.2, 0.25) is 10.0 Å². The van der Waals surface area contributed by atoms with Gasteiger partial charge < -0.3 is 0 Å². The summed E-state index contributed by atoms with van der Waals surface area (Å²) in [4.78, 5) is 0. The highest BCUT2D eigenvalue weighted by Crippen LogP contribution is 2.28. The molecule has 0 unspecified atom stereocenters. The van der Waals surface area contributed by atoms with Crippen molar-refractivity contribution in [2.45, 2.75) is 19.8 Å². The van der Waals surface area contributed by atoms with E-state index in [1.165, 1.54) is 4.31 Å². The quantitative estimate of drug-likeness (QED) is 0.777. The summed E-state index contributed by atoms with van der Waals surface area (Å²) in [6.07, 6.45) is 1.67. The molecule has 0 aliphatic carbocycles. The maximum Gasteiger partial charge on any atom is 0.235 e. The summed E-state index contributed by atoms with van der Waals surface area (Å²) in [5.41, 5.74) is 1.65. The van der Waals surface area contributed by atoms with Crippen LogP contribution in [0.3, 0.4) is 0 Å². The average Bonchev–Trinajstić information content (AvgIpc) is 2.19. The standard InChI is InChI=1S/C11H14ClNO2S/c1-9-8-10(12)4-5-11(9)13-6-2-3-7-16(13,14)15/h4-5,8H,2-3,6-7H2,1H3. The largest absolute Gasteiger partial charge is 0.270 e. The van der Waals surface area contributed by atoms with Crippen molar-refractivity contribution >= 4 is 27.3 Å². The first-order valence-corrected chi connectivity index (χ1v) is 7.26. The van der Waals surface area contributed by atoms with Crippen molar-refractivity contribution in [2.24, 2.45) is 0 Å². The van der Waals surface area contributed by atoms with Crippen molar-refractivity contribution in [2.75, 3.05) is 16.6 Å². The predicted octanol–water partition coefficient (Wildman–Crippen LogP) is 2.58. The van der Waals surface area contributed by atoms with Gasteiger partial charge in [-0.1, -0.05) is 11.6 Å². The third-order valence-electron chi connectivity index (χ3n) is 2.78. The fourth-order valence-electron chi connectivity index (χ4n) is 1.96. The van der Waals surface area contributed by atoms with Crippen LogP contribution in [-0.4, -0.2) is 20.7 Å². The molecule has 0 amide bonds. The van der Waals surface area contributed by atoms with Gasteiger partial charge in [0.15, 0.2) is 0 Å². The Kier molecular flexibility index (Phi) is 3.13. The van der Waals surface area contributed by atoms with E-state index in [-0.39, 0.29) is 5.75 Å². The van der Waals surface area contributed by atoms with E-state index in [0.717, 1.165) is 24.1 Å². The number of nitrogens with zero attached hydrogens (tertiary/aromatic N) is 1. The zero-order chi connectivity index (χ0) is 11.8. The number of hydrogen-bond donors (Lipinski definition) is 0. The van der Waals surface area contributed by atoms with Crippen LogP contribution < -0.4 is 4.31 Å². The molecule has 1 aromatic rings. The third kappa shape index (κ3) is 2.18. The van der Waals surface area contributed by atoms with Crippen LogP contribution in [0.15, 0.2) is 18.2 Å². The molecule has 16 heavy (non-hydrogen) atoms. The van der Waals surface area contributed by atoms with E-state index < -0.39 is 10.0 Å². The number of benzene rings is 1. The normalized spacial score (nSPS) is 19.8. The summed E-state index contributed by atoms with van der Waals surface area (Å²) in [6.45, 7) is 2.45. The Morgan fingerprint density at radius 2 is 2.06 bits per heavy atom. The van der Waals surface area contributed by atoms with Crippen molar-refractivity contribution in [1.82, 2.24) is 0 Å². The van der Waals surface area contributed by atoms with Crippen molar-refractivity contribution < 1.29 is 8.42 Å². The molecule has 0 atom stereocenters. The lowest BCUT2D eigenvalue weighted by molar-refractivity contribution is 0.574. The van der Waals surface area contributed by atoms with Gasteiger partial charge in [0, 0.05) is 11.6 Å². The molecule has 88 valence electrons. The predicted molar refractivity (Wildman–Crippen MR) is 66.6 cm³/mol. The third-order valence-corrected chi connectivity index (χ3v) is 4.87. The first-order chi connectivity index (χ1) is 7.50. The Bertz CT molecular complexity index is 499. The van der Waals surface area contributed by atoms with Gasteiger partial charge in [-0.15, -0.1) is 0 Å². The summed E-state index contributed by atoms with van der Waals surface area (Å²) in [7, 11) is -3.12. The molecule has 0 N–H and O–H groups in total. The zero-order valence-corrected chi connectivity index (χ0v) is 10.7. The van der Waals surface area contributed by atoms with Crippen molar-refractivity contribution in [3.63, 3.8) is 0 Å². The molecule has 1 heterocycles. The summed E-state index contributed by atoms with van der Waals surface area (Å²) in [5.74, 6) is 0.245. The second-order valence-electron chi connectivity index (χ2n) is 4.03. The first-order valence-electron chi connectivity index (χ1n) is 5.27. The minimum atomic E-state index is -3.12. The van der Waals surface area contributed by atoms with Crippen LogP contribution >= 0.6 is 11.6 Å². The Morgan fingerprint density at radius 1 is 1.31 bits per heavy atom. The molecule has 1 aromatic carbocycles. The highest BCUT2D eigenvalue weighted by molar-refractivity contribution is 7.92. The Morgan fingerprint density at radius 3 is 2.69 bits per heavy atom. The minimum absolute atomic E-state index is 0.245. The second-order valence-corrected chi connectivity index (χ2v) is 6.48. The molecule has 0 spiro atoms. The number of rotatable bonds is 1. The van der Waals surface area contributed by atoms with E-state index in [9.17, 15) is 8.42 Å². The monoisotopic (exact) mass is 259 g/mol. The summed E-state index contributed by atoms with van der Waals surface area (Å²) in [5, 5.41) is 0.635. The highest BCUT2D eigenvalue weighted by Gasteiger charge is 2.26. The Labute approximate surface area is 101 Å². The summed E-state index contributed by atoms with van der Waals surface area (Å²) >= 11 is 5.86. The minimum Gasteiger partial charge on any atom is -0.270 e. The zero-order valence-electron chi connectivity index (χ0n) is 9.11. The maximum atomic E-state index is 11.9. The number of hydrogen-bond acceptors (Lipinski definition) is 2. The molecule has 1 fully saturated rings. The van der Waals surface area contributed by atoms with Crippen LogP contribution in [0.2, 0.25) is 5.02 Å². The smallest absolute Gasteiger partial charge is 0.235 e. The van der Waals surface area contributed by atoms with Gasteiger partial charge in [-0.05, 0) is 43.5 Å². The van der Waals surface area contributed by atoms with Crippen LogP contribution in [-0.2, 0) is 10.0 Å². The van der Waals surface area contributed by atoms with Gasteiger partial charge in [-0.25, -0.2) is 8.42 Å². The molecular formula is C11H14ClNO2S. The van der Waals surface area contributed by atoms with Gasteiger partial charge in [0.25, 0.3) is 0 Å². The van der Waals surface area contributed by atoms with Crippen molar-refractivity contribution in [3.8, 4) is 0 Å². The number of sulfonamides is 1. The Hall–Kier alpha value is -0.740. The van der Waals surface area contributed by atoms with E-state index in [1.807, 2.05) is 6.92 Å². The summed E-state index contributed by atoms with van der Waals surface area (Å²) in [6, 6.07) is 5.30. The van der Waals surface area contributed by atoms with Crippen molar-refractivity contribution in [3.05, 3.63) is 28.8 Å². The fourth-order valence-corrected chi connectivity index (χ4v) is 3.89. The van der Waals surface area contributed by atoms with Crippen LogP contribution in [0.1, 0.15) is 18.4 Å². The molecule has 0 aromatic heterocycles. The molecular weight excluding hydrogens is 246 g/mol. The molecule has 1 aliphatic heterocycles. The number of anilines is 1. The van der Waals surface area contributed by atoms with Crippen molar-refractivity contribution in [1.29, 1.82) is 0 Å². The molecule has 3 nitrogen and oxygen atoms in total. The van der Waals surface area contributed by atoms with E-state index in [0.29, 0.717) is 11.6 Å². The van der Waals surface area contributed by atoms with Crippen LogP contribution in [0.4, 0.5) is 5.69 Å². The van der Waals surface area contributed by atoms with E-state index in [2.05, 4.69) is 0 Å². The van der Waals surface area contributed by atoms with Crippen LogP contribution in [0.25, 0.3) is 0 Å². The summed E-state index contributed by atoms with van der Waals surface area (Å²) < 4.78 is 25.3. The fraction of sp³-hybridized carbons (Fsp3) is 0.455. The lowest BCUT2D eigenvalue weighted by atomic mass is 10.2. The first kappa shape index (κ1) is 11.7.